The molecule has 4 nitrogen and oxygen atoms in total. The normalized spacial score (nSPS) is 12.9. The van der Waals surface area contributed by atoms with Crippen LogP contribution in [0.25, 0.3) is 21.9 Å². The minimum Gasteiger partial charge on any atom is -0.347 e. The second-order valence-corrected chi connectivity index (χ2v) is 6.23. The number of fused-ring (bicyclic) bond motifs is 2. The van der Waals surface area contributed by atoms with Crippen LogP contribution >= 0.6 is 0 Å². The first-order chi connectivity index (χ1) is 11.8. The molecule has 2 aromatic carbocycles. The monoisotopic (exact) mass is 318 g/mol. The van der Waals surface area contributed by atoms with Crippen LogP contribution in [0.15, 0.2) is 54.7 Å². The van der Waals surface area contributed by atoms with Crippen LogP contribution in [-0.2, 0) is 13.0 Å². The summed E-state index contributed by atoms with van der Waals surface area (Å²) in [5, 5.41) is 1.31. The van der Waals surface area contributed by atoms with Crippen molar-refractivity contribution in [1.29, 1.82) is 0 Å². The van der Waals surface area contributed by atoms with Crippen molar-refractivity contribution in [3.63, 3.8) is 0 Å². The third-order valence-corrected chi connectivity index (χ3v) is 4.76. The number of H-pyrrole nitrogens is 1. The number of aromatic nitrogens is 3. The van der Waals surface area contributed by atoms with Gasteiger partial charge in [-0.15, -0.1) is 0 Å². The maximum atomic E-state index is 6.09. The van der Waals surface area contributed by atoms with E-state index in [0.29, 0.717) is 6.54 Å². The molecule has 0 aliphatic heterocycles. The highest BCUT2D eigenvalue weighted by molar-refractivity contribution is 5.84. The van der Waals surface area contributed by atoms with Crippen LogP contribution in [0.5, 0.6) is 0 Å². The van der Waals surface area contributed by atoms with E-state index in [4.69, 9.17) is 10.7 Å². The number of nitrogens with two attached hydrogens (primary N) is 1. The number of hydrogen-bond acceptors (Lipinski definition) is 2. The molecule has 0 saturated heterocycles. The molecule has 0 fully saturated rings. The van der Waals surface area contributed by atoms with E-state index in [1.54, 1.807) is 0 Å². The van der Waals surface area contributed by atoms with E-state index in [2.05, 4.69) is 53.0 Å². The molecule has 1 unspecified atom stereocenters. The Balaban J connectivity index is 1.72. The van der Waals surface area contributed by atoms with Gasteiger partial charge in [0.15, 0.2) is 0 Å². The highest BCUT2D eigenvalue weighted by atomic mass is 15.0. The fraction of sp³-hybridized carbons (Fsp3) is 0.250. The van der Waals surface area contributed by atoms with Gasteiger partial charge in [0.25, 0.3) is 0 Å². The lowest BCUT2D eigenvalue weighted by Gasteiger charge is -2.11. The Morgan fingerprint density at radius 2 is 1.92 bits per heavy atom. The van der Waals surface area contributed by atoms with Crippen LogP contribution in [0.4, 0.5) is 0 Å². The summed E-state index contributed by atoms with van der Waals surface area (Å²) in [4.78, 5) is 8.18. The third kappa shape index (κ3) is 2.49. The predicted molar refractivity (Wildman–Crippen MR) is 99.2 cm³/mol. The van der Waals surface area contributed by atoms with Gasteiger partial charge in [0.2, 0.25) is 0 Å². The summed E-state index contributed by atoms with van der Waals surface area (Å²) in [6.07, 6.45) is 3.15. The van der Waals surface area contributed by atoms with E-state index < -0.39 is 0 Å². The standard InChI is InChI=1S/C20H22N4/c1-2-24-13-15(16-7-3-6-10-19(16)24)11-14(12-21)20-22-17-8-4-5-9-18(17)23-20/h3-10,13-14H,2,11-12,21H2,1H3,(H,22,23). The van der Waals surface area contributed by atoms with Gasteiger partial charge in [0, 0.05) is 36.1 Å². The van der Waals surface area contributed by atoms with Crippen molar-refractivity contribution in [2.75, 3.05) is 6.54 Å². The van der Waals surface area contributed by atoms with Crippen molar-refractivity contribution in [2.45, 2.75) is 25.8 Å². The first-order valence-corrected chi connectivity index (χ1v) is 8.51. The first kappa shape index (κ1) is 15.0. The van der Waals surface area contributed by atoms with E-state index in [1.807, 2.05) is 18.2 Å². The van der Waals surface area contributed by atoms with Crippen LogP contribution < -0.4 is 5.73 Å². The van der Waals surface area contributed by atoms with Gasteiger partial charge in [-0.25, -0.2) is 4.98 Å². The van der Waals surface area contributed by atoms with Crippen molar-refractivity contribution in [3.8, 4) is 0 Å². The molecular formula is C20H22N4. The van der Waals surface area contributed by atoms with Crippen molar-refractivity contribution in [3.05, 3.63) is 66.1 Å². The number of hydrogen-bond donors (Lipinski definition) is 2. The average Bonchev–Trinajstić information content (AvgIpc) is 3.21. The average molecular weight is 318 g/mol. The zero-order valence-corrected chi connectivity index (χ0v) is 13.9. The molecule has 0 aliphatic rings. The van der Waals surface area contributed by atoms with Gasteiger partial charge in [-0.2, -0.15) is 0 Å². The molecule has 0 amide bonds. The Morgan fingerprint density at radius 1 is 1.12 bits per heavy atom. The molecule has 1 atom stereocenters. The molecule has 4 heteroatoms. The summed E-state index contributed by atoms with van der Waals surface area (Å²) >= 11 is 0. The number of imidazole rings is 1. The Hall–Kier alpha value is -2.59. The number of rotatable bonds is 5. The third-order valence-electron chi connectivity index (χ3n) is 4.76. The van der Waals surface area contributed by atoms with E-state index >= 15 is 0 Å². The minimum atomic E-state index is 0.188. The zero-order chi connectivity index (χ0) is 16.5. The SMILES string of the molecule is CCn1cc(CC(CN)c2nc3ccccc3[nH]2)c2ccccc21. The molecule has 0 aliphatic carbocycles. The highest BCUT2D eigenvalue weighted by Crippen LogP contribution is 2.27. The summed E-state index contributed by atoms with van der Waals surface area (Å²) in [6, 6.07) is 16.7. The lowest BCUT2D eigenvalue weighted by atomic mass is 9.98. The lowest BCUT2D eigenvalue weighted by molar-refractivity contribution is 0.658. The molecule has 0 bridgehead atoms. The summed E-state index contributed by atoms with van der Waals surface area (Å²) in [7, 11) is 0. The minimum absolute atomic E-state index is 0.188. The molecule has 4 aromatic rings. The Morgan fingerprint density at radius 3 is 2.71 bits per heavy atom. The number of nitrogens with one attached hydrogen (secondary N) is 1. The van der Waals surface area contributed by atoms with Crippen molar-refractivity contribution in [1.82, 2.24) is 14.5 Å². The number of para-hydroxylation sites is 3. The van der Waals surface area contributed by atoms with Gasteiger partial charge in [-0.3, -0.25) is 0 Å². The quantitative estimate of drug-likeness (QED) is 0.587. The zero-order valence-electron chi connectivity index (χ0n) is 13.9. The van der Waals surface area contributed by atoms with Gasteiger partial charge < -0.3 is 15.3 Å². The fourth-order valence-corrected chi connectivity index (χ4v) is 3.47. The second kappa shape index (κ2) is 6.13. The predicted octanol–water partition coefficient (Wildman–Crippen LogP) is 3.82. The number of nitrogens with zero attached hydrogens (tertiary/aromatic N) is 2. The van der Waals surface area contributed by atoms with Crippen molar-refractivity contribution in [2.24, 2.45) is 5.73 Å². The largest absolute Gasteiger partial charge is 0.347 e. The summed E-state index contributed by atoms with van der Waals surface area (Å²) in [5.74, 6) is 1.17. The first-order valence-electron chi connectivity index (χ1n) is 8.51. The van der Waals surface area contributed by atoms with Gasteiger partial charge in [-0.1, -0.05) is 30.3 Å². The second-order valence-electron chi connectivity index (χ2n) is 6.23. The molecule has 0 radical (unpaired) electrons. The summed E-state index contributed by atoms with van der Waals surface area (Å²) in [5.41, 5.74) is 10.8. The van der Waals surface area contributed by atoms with Crippen molar-refractivity contribution < 1.29 is 0 Å². The Bertz CT molecular complexity index is 947. The molecular weight excluding hydrogens is 296 g/mol. The summed E-state index contributed by atoms with van der Waals surface area (Å²) in [6.45, 7) is 3.72. The molecule has 4 rings (SSSR count). The van der Waals surface area contributed by atoms with Crippen LogP contribution in [0, 0.1) is 0 Å². The molecule has 2 heterocycles. The molecule has 24 heavy (non-hydrogen) atoms. The summed E-state index contributed by atoms with van der Waals surface area (Å²) < 4.78 is 2.30. The maximum Gasteiger partial charge on any atom is 0.111 e. The number of aryl methyl sites for hydroxylation is 1. The smallest absolute Gasteiger partial charge is 0.111 e. The van der Waals surface area contributed by atoms with Crippen LogP contribution in [-0.4, -0.2) is 21.1 Å². The van der Waals surface area contributed by atoms with Crippen LogP contribution in [0.3, 0.4) is 0 Å². The number of benzene rings is 2. The van der Waals surface area contributed by atoms with Crippen molar-refractivity contribution >= 4 is 21.9 Å². The fourth-order valence-electron chi connectivity index (χ4n) is 3.47. The lowest BCUT2D eigenvalue weighted by Crippen LogP contribution is -2.16. The van der Waals surface area contributed by atoms with Crippen LogP contribution in [0.1, 0.15) is 24.2 Å². The molecule has 2 aromatic heterocycles. The van der Waals surface area contributed by atoms with E-state index in [1.165, 1.54) is 16.5 Å². The molecule has 0 spiro atoms. The highest BCUT2D eigenvalue weighted by Gasteiger charge is 2.18. The van der Waals surface area contributed by atoms with E-state index in [-0.39, 0.29) is 5.92 Å². The Labute approximate surface area is 141 Å². The van der Waals surface area contributed by atoms with Gasteiger partial charge in [-0.05, 0) is 37.1 Å². The Kier molecular flexibility index (Phi) is 3.82. The molecule has 122 valence electrons. The van der Waals surface area contributed by atoms with Crippen LogP contribution in [0.2, 0.25) is 0 Å². The topological polar surface area (TPSA) is 59.6 Å². The number of aromatic amines is 1. The van der Waals surface area contributed by atoms with Gasteiger partial charge in [0.05, 0.1) is 11.0 Å². The van der Waals surface area contributed by atoms with E-state index in [0.717, 1.165) is 29.8 Å². The van der Waals surface area contributed by atoms with E-state index in [9.17, 15) is 0 Å². The maximum absolute atomic E-state index is 6.09. The van der Waals surface area contributed by atoms with Gasteiger partial charge >= 0.3 is 0 Å². The molecule has 0 saturated carbocycles. The molecule has 3 N–H and O–H groups in total. The van der Waals surface area contributed by atoms with Gasteiger partial charge in [0.1, 0.15) is 5.82 Å².